The van der Waals surface area contributed by atoms with E-state index in [9.17, 15) is 0 Å². The normalized spacial score (nSPS) is 21.9. The molecule has 0 saturated carbocycles. The molecule has 2 saturated heterocycles. The molecule has 2 aromatic carbocycles. The minimum absolute atomic E-state index is 0.000874. The highest BCUT2D eigenvalue weighted by Gasteiger charge is 2.38. The maximum atomic E-state index is 15.4. The molecule has 3 heterocycles. The van der Waals surface area contributed by atoms with Crippen molar-refractivity contribution in [1.29, 1.82) is 0 Å². The summed E-state index contributed by atoms with van der Waals surface area (Å²) in [5.41, 5.74) is 2.38. The number of benzene rings is 2. The lowest BCUT2D eigenvalue weighted by molar-refractivity contribution is -0.138. The third kappa shape index (κ3) is 4.95. The number of halogens is 3. The fourth-order valence-electron chi connectivity index (χ4n) is 5.75. The van der Waals surface area contributed by atoms with E-state index in [0.29, 0.717) is 22.9 Å². The Hall–Kier alpha value is -2.09. The van der Waals surface area contributed by atoms with Crippen molar-refractivity contribution in [2.45, 2.75) is 77.2 Å². The first-order chi connectivity index (χ1) is 16.5. The van der Waals surface area contributed by atoms with Gasteiger partial charge in [-0.05, 0) is 95.2 Å². The summed E-state index contributed by atoms with van der Waals surface area (Å²) in [6.45, 7) is 8.83. The Bertz CT molecular complexity index is 1260. The van der Waals surface area contributed by atoms with Crippen LogP contribution in [0.1, 0.15) is 77.2 Å². The number of aromatic nitrogens is 2. The number of nitrogens with zero attached hydrogens (tertiary/aromatic N) is 2. The van der Waals surface area contributed by atoms with Gasteiger partial charge in [0.05, 0.1) is 28.5 Å². The molecular weight excluding hydrogens is 514 g/mol. The largest absolute Gasteiger partial charge is 0.369 e. The first-order valence-corrected chi connectivity index (χ1v) is 13.0. The first-order valence-electron chi connectivity index (χ1n) is 12.2. The van der Waals surface area contributed by atoms with Crippen LogP contribution in [0.3, 0.4) is 0 Å². The summed E-state index contributed by atoms with van der Waals surface area (Å²) in [6.07, 6.45) is 5.98. The van der Waals surface area contributed by atoms with E-state index in [2.05, 4.69) is 21.0 Å². The Morgan fingerprint density at radius 3 is 2.34 bits per heavy atom. The number of hydrogen-bond acceptors (Lipinski definition) is 3. The first kappa shape index (κ1) is 24.6. The third-order valence-electron chi connectivity index (χ3n) is 6.75. The summed E-state index contributed by atoms with van der Waals surface area (Å²) in [6, 6.07) is 8.57. The summed E-state index contributed by atoms with van der Waals surface area (Å²) in [5.74, 6) is -1.18. The zero-order valence-electron chi connectivity index (χ0n) is 20.6. The lowest BCUT2D eigenvalue weighted by Gasteiger charge is -2.43. The van der Waals surface area contributed by atoms with Crippen LogP contribution in [0.15, 0.2) is 46.6 Å². The van der Waals surface area contributed by atoms with E-state index in [1.165, 1.54) is 12.1 Å². The van der Waals surface area contributed by atoms with Crippen LogP contribution in [0.5, 0.6) is 0 Å². The minimum atomic E-state index is -0.590. The van der Waals surface area contributed by atoms with E-state index < -0.39 is 22.8 Å². The van der Waals surface area contributed by atoms with E-state index in [1.807, 2.05) is 56.8 Å². The zero-order chi connectivity index (χ0) is 25.0. The molecule has 1 atom stereocenters. The van der Waals surface area contributed by atoms with Crippen molar-refractivity contribution in [3.8, 4) is 0 Å². The summed E-state index contributed by atoms with van der Waals surface area (Å²) >= 11 is 3.22. The van der Waals surface area contributed by atoms with Gasteiger partial charge in [0.2, 0.25) is 0 Å². The molecule has 0 amide bonds. The summed E-state index contributed by atoms with van der Waals surface area (Å²) in [4.78, 5) is 0. The molecule has 35 heavy (non-hydrogen) atoms. The maximum Gasteiger partial charge on any atom is 0.150 e. The van der Waals surface area contributed by atoms with Gasteiger partial charge in [0.15, 0.2) is 6.23 Å². The molecule has 2 fully saturated rings. The molecule has 4 nitrogen and oxygen atoms in total. The molecule has 5 rings (SSSR count). The predicted molar refractivity (Wildman–Crippen MR) is 137 cm³/mol. The van der Waals surface area contributed by atoms with E-state index in [0.717, 1.165) is 47.9 Å². The Labute approximate surface area is 213 Å². The van der Waals surface area contributed by atoms with Crippen LogP contribution >= 0.6 is 15.9 Å². The third-order valence-corrected chi connectivity index (χ3v) is 7.21. The minimum Gasteiger partial charge on any atom is -0.369 e. The summed E-state index contributed by atoms with van der Waals surface area (Å²) in [7, 11) is 0. The second kappa shape index (κ2) is 9.09. The molecule has 0 bridgehead atoms. The van der Waals surface area contributed by atoms with Crippen LogP contribution in [-0.4, -0.2) is 27.6 Å². The van der Waals surface area contributed by atoms with Gasteiger partial charge in [-0.15, -0.1) is 0 Å². The lowest BCUT2D eigenvalue weighted by Crippen LogP contribution is -2.42. The highest BCUT2D eigenvalue weighted by Crippen LogP contribution is 2.44. The number of hydrogen-bond donors (Lipinski definition) is 0. The molecule has 0 spiro atoms. The van der Waals surface area contributed by atoms with Gasteiger partial charge in [0.1, 0.15) is 11.6 Å². The number of rotatable bonds is 3. The van der Waals surface area contributed by atoms with Gasteiger partial charge in [-0.1, -0.05) is 27.6 Å². The second-order valence-corrected chi connectivity index (χ2v) is 11.8. The van der Waals surface area contributed by atoms with Gasteiger partial charge in [0, 0.05) is 16.5 Å². The van der Waals surface area contributed by atoms with E-state index in [-0.39, 0.29) is 11.8 Å². The lowest BCUT2D eigenvalue weighted by atomic mass is 9.79. The van der Waals surface area contributed by atoms with Crippen molar-refractivity contribution in [2.24, 2.45) is 0 Å². The van der Waals surface area contributed by atoms with Crippen LogP contribution in [0.25, 0.3) is 16.5 Å². The van der Waals surface area contributed by atoms with Crippen molar-refractivity contribution in [3.05, 3.63) is 69.3 Å². The number of ether oxygens (including phenoxy) is 2. The van der Waals surface area contributed by atoms with Crippen molar-refractivity contribution in [1.82, 2.24) is 9.78 Å². The zero-order valence-corrected chi connectivity index (χ0v) is 22.2. The van der Waals surface area contributed by atoms with Crippen molar-refractivity contribution >= 4 is 32.4 Å². The monoisotopic (exact) mass is 544 g/mol. The summed E-state index contributed by atoms with van der Waals surface area (Å²) < 4.78 is 45.3. The molecule has 0 aliphatic carbocycles. The molecule has 186 valence electrons. The fourth-order valence-corrected chi connectivity index (χ4v) is 6.15. The molecule has 2 aliphatic rings. The average Bonchev–Trinajstić information content (AvgIpc) is 3.17. The van der Waals surface area contributed by atoms with Gasteiger partial charge in [0.25, 0.3) is 0 Å². The van der Waals surface area contributed by atoms with Gasteiger partial charge in [-0.3, -0.25) is 0 Å². The Balaban J connectivity index is 1.69. The standard InChI is InChI=1S/C28H31BrF2N2O2/c1-27(2)14-19(15-28(3,4)35-27)25(26-21(30)12-20(29)13-22(26)31)17-8-9-23-18(11-17)16-32-33(23)24-7-5-6-10-34-24/h8-9,11-13,16,24H,5-7,10,14-15H2,1-4H3. The molecule has 0 N–H and O–H groups in total. The molecule has 7 heteroatoms. The molecule has 1 unspecified atom stereocenters. The number of fused-ring (bicyclic) bond motifs is 1. The van der Waals surface area contributed by atoms with Gasteiger partial charge < -0.3 is 9.47 Å². The molecule has 3 aromatic rings. The van der Waals surface area contributed by atoms with Gasteiger partial charge in [-0.25, -0.2) is 13.5 Å². The Kier molecular flexibility index (Phi) is 6.39. The molecular formula is C28H31BrF2N2O2. The molecule has 2 aliphatic heterocycles. The van der Waals surface area contributed by atoms with Gasteiger partial charge in [-0.2, -0.15) is 5.10 Å². The Morgan fingerprint density at radius 1 is 1.03 bits per heavy atom. The summed E-state index contributed by atoms with van der Waals surface area (Å²) in [5, 5.41) is 5.51. The van der Waals surface area contributed by atoms with E-state index >= 15 is 8.78 Å². The van der Waals surface area contributed by atoms with Crippen molar-refractivity contribution < 1.29 is 18.3 Å². The van der Waals surface area contributed by atoms with Crippen LogP contribution < -0.4 is 0 Å². The average molecular weight is 545 g/mol. The SMILES string of the molecule is CC1(C)CC(=C(c2ccc3c(cnn3C3CCCCO3)c2)c2c(F)cc(Br)cc2F)CC(C)(C)O1. The molecule has 0 radical (unpaired) electrons. The van der Waals surface area contributed by atoms with E-state index in [1.54, 1.807) is 0 Å². The fraction of sp³-hybridized carbons (Fsp3) is 0.464. The van der Waals surface area contributed by atoms with E-state index in [4.69, 9.17) is 9.47 Å². The Morgan fingerprint density at radius 2 is 1.71 bits per heavy atom. The predicted octanol–water partition coefficient (Wildman–Crippen LogP) is 7.95. The van der Waals surface area contributed by atoms with Crippen molar-refractivity contribution in [2.75, 3.05) is 6.61 Å². The highest BCUT2D eigenvalue weighted by molar-refractivity contribution is 9.10. The second-order valence-electron chi connectivity index (χ2n) is 10.9. The van der Waals surface area contributed by atoms with Crippen molar-refractivity contribution in [3.63, 3.8) is 0 Å². The van der Waals surface area contributed by atoms with Gasteiger partial charge >= 0.3 is 0 Å². The molecule has 1 aromatic heterocycles. The maximum absolute atomic E-state index is 15.4. The highest BCUT2D eigenvalue weighted by atomic mass is 79.9. The van der Waals surface area contributed by atoms with Crippen LogP contribution in [0.2, 0.25) is 0 Å². The smallest absolute Gasteiger partial charge is 0.150 e. The van der Waals surface area contributed by atoms with Crippen LogP contribution in [0, 0.1) is 11.6 Å². The van der Waals surface area contributed by atoms with Crippen LogP contribution in [-0.2, 0) is 9.47 Å². The quantitative estimate of drug-likeness (QED) is 0.335. The van der Waals surface area contributed by atoms with Crippen LogP contribution in [0.4, 0.5) is 8.78 Å². The topological polar surface area (TPSA) is 36.3 Å².